The number of thiophene rings is 1. The summed E-state index contributed by atoms with van der Waals surface area (Å²) in [6, 6.07) is 2.02. The lowest BCUT2D eigenvalue weighted by atomic mass is 10.1. The molecule has 1 aromatic heterocycles. The maximum atomic E-state index is 10.5. The van der Waals surface area contributed by atoms with E-state index in [2.05, 4.69) is 22.9 Å². The first-order valence-electron chi connectivity index (χ1n) is 5.38. The van der Waals surface area contributed by atoms with Crippen molar-refractivity contribution in [3.63, 3.8) is 0 Å². The minimum absolute atomic E-state index is 0.322. The van der Waals surface area contributed by atoms with Crippen molar-refractivity contribution in [2.45, 2.75) is 29.9 Å². The summed E-state index contributed by atoms with van der Waals surface area (Å²) in [6.07, 6.45) is 0.819. The average Bonchev–Trinajstić information content (AvgIpc) is 2.74. The molecular formula is C11H15BrOS3. The van der Waals surface area contributed by atoms with Gasteiger partial charge in [0.15, 0.2) is 0 Å². The zero-order valence-corrected chi connectivity index (χ0v) is 13.1. The SMILES string of the molecule is CCC1SCCSC1C(O)c1sccc1Br. The van der Waals surface area contributed by atoms with Gasteiger partial charge in [0.05, 0.1) is 0 Å². The molecule has 3 atom stereocenters. The molecule has 0 bridgehead atoms. The molecule has 16 heavy (non-hydrogen) atoms. The second kappa shape index (κ2) is 6.14. The van der Waals surface area contributed by atoms with Gasteiger partial charge in [0.1, 0.15) is 6.10 Å². The van der Waals surface area contributed by atoms with Gasteiger partial charge < -0.3 is 5.11 Å². The molecular weight excluding hydrogens is 324 g/mol. The molecule has 0 saturated carbocycles. The summed E-state index contributed by atoms with van der Waals surface area (Å²) in [5.41, 5.74) is 0. The van der Waals surface area contributed by atoms with Crippen LogP contribution in [-0.4, -0.2) is 27.1 Å². The van der Waals surface area contributed by atoms with Gasteiger partial charge in [-0.25, -0.2) is 0 Å². The van der Waals surface area contributed by atoms with Crippen molar-refractivity contribution in [1.82, 2.24) is 0 Å². The maximum absolute atomic E-state index is 10.5. The molecule has 5 heteroatoms. The van der Waals surface area contributed by atoms with E-state index in [1.807, 2.05) is 35.0 Å². The van der Waals surface area contributed by atoms with Gasteiger partial charge in [-0.05, 0) is 33.8 Å². The molecule has 1 nitrogen and oxygen atoms in total. The van der Waals surface area contributed by atoms with Crippen molar-refractivity contribution in [1.29, 1.82) is 0 Å². The van der Waals surface area contributed by atoms with Gasteiger partial charge >= 0.3 is 0 Å². The van der Waals surface area contributed by atoms with Crippen molar-refractivity contribution in [3.8, 4) is 0 Å². The molecule has 0 amide bonds. The molecule has 0 radical (unpaired) electrons. The van der Waals surface area contributed by atoms with Crippen molar-refractivity contribution >= 4 is 50.8 Å². The first-order valence-corrected chi connectivity index (χ1v) is 9.15. The van der Waals surface area contributed by atoms with E-state index in [1.165, 1.54) is 5.75 Å². The minimum atomic E-state index is -0.322. The molecule has 3 unspecified atom stereocenters. The van der Waals surface area contributed by atoms with E-state index in [4.69, 9.17) is 0 Å². The van der Waals surface area contributed by atoms with E-state index in [-0.39, 0.29) is 6.10 Å². The monoisotopic (exact) mass is 338 g/mol. The van der Waals surface area contributed by atoms with E-state index in [1.54, 1.807) is 11.3 Å². The number of hydrogen-bond donors (Lipinski definition) is 1. The molecule has 0 spiro atoms. The van der Waals surface area contributed by atoms with Gasteiger partial charge in [0.25, 0.3) is 0 Å². The van der Waals surface area contributed by atoms with Gasteiger partial charge in [0.2, 0.25) is 0 Å². The summed E-state index contributed by atoms with van der Waals surface area (Å²) in [7, 11) is 0. The zero-order chi connectivity index (χ0) is 11.5. The first kappa shape index (κ1) is 13.3. The summed E-state index contributed by atoms with van der Waals surface area (Å²) in [4.78, 5) is 1.08. The Bertz CT molecular complexity index is 342. The van der Waals surface area contributed by atoms with Crippen LogP contribution in [0.3, 0.4) is 0 Å². The van der Waals surface area contributed by atoms with Crippen LogP contribution in [0.25, 0.3) is 0 Å². The Morgan fingerprint density at radius 3 is 2.88 bits per heavy atom. The summed E-state index contributed by atoms with van der Waals surface area (Å²) < 4.78 is 1.05. The van der Waals surface area contributed by atoms with Crippen molar-refractivity contribution < 1.29 is 5.11 Å². The Morgan fingerprint density at radius 1 is 1.50 bits per heavy atom. The van der Waals surface area contributed by atoms with Crippen LogP contribution in [0.1, 0.15) is 24.3 Å². The number of thioether (sulfide) groups is 2. The van der Waals surface area contributed by atoms with E-state index in [0.29, 0.717) is 10.5 Å². The number of aliphatic hydroxyl groups is 1. The third kappa shape index (κ3) is 2.80. The fourth-order valence-corrected chi connectivity index (χ4v) is 6.74. The lowest BCUT2D eigenvalue weighted by Crippen LogP contribution is -2.30. The van der Waals surface area contributed by atoms with Crippen LogP contribution in [0.5, 0.6) is 0 Å². The number of aliphatic hydroxyl groups excluding tert-OH is 1. The third-order valence-corrected chi connectivity index (χ3v) is 8.00. The van der Waals surface area contributed by atoms with Gasteiger partial charge in [-0.1, -0.05) is 6.92 Å². The predicted octanol–water partition coefficient (Wildman–Crippen LogP) is 4.17. The largest absolute Gasteiger partial charge is 0.386 e. The number of rotatable bonds is 3. The maximum Gasteiger partial charge on any atom is 0.102 e. The van der Waals surface area contributed by atoms with Gasteiger partial charge in [-0.2, -0.15) is 23.5 Å². The van der Waals surface area contributed by atoms with Gasteiger partial charge in [0, 0.05) is 31.4 Å². The first-order chi connectivity index (χ1) is 7.74. The van der Waals surface area contributed by atoms with Crippen LogP contribution in [0.4, 0.5) is 0 Å². The Morgan fingerprint density at radius 2 is 2.25 bits per heavy atom. The zero-order valence-electron chi connectivity index (χ0n) is 9.06. The van der Waals surface area contributed by atoms with Crippen LogP contribution in [-0.2, 0) is 0 Å². The third-order valence-electron chi connectivity index (χ3n) is 2.72. The fraction of sp³-hybridized carbons (Fsp3) is 0.636. The van der Waals surface area contributed by atoms with E-state index >= 15 is 0 Å². The van der Waals surface area contributed by atoms with Gasteiger partial charge in [-0.15, -0.1) is 11.3 Å². The molecule has 1 aromatic rings. The molecule has 2 rings (SSSR count). The van der Waals surface area contributed by atoms with Crippen molar-refractivity contribution in [2.24, 2.45) is 0 Å². The fourth-order valence-electron chi connectivity index (χ4n) is 1.90. The van der Waals surface area contributed by atoms with Crippen LogP contribution < -0.4 is 0 Å². The molecule has 1 saturated heterocycles. The lowest BCUT2D eigenvalue weighted by Gasteiger charge is -2.33. The van der Waals surface area contributed by atoms with E-state index < -0.39 is 0 Å². The Kier molecular flexibility index (Phi) is 5.09. The second-order valence-electron chi connectivity index (χ2n) is 3.73. The van der Waals surface area contributed by atoms with Gasteiger partial charge in [-0.3, -0.25) is 0 Å². The summed E-state index contributed by atoms with van der Waals surface area (Å²) in [6.45, 7) is 2.22. The second-order valence-corrected chi connectivity index (χ2v) is 8.17. The molecule has 0 aromatic carbocycles. The highest BCUT2D eigenvalue weighted by Gasteiger charge is 2.33. The quantitative estimate of drug-likeness (QED) is 0.892. The summed E-state index contributed by atoms with van der Waals surface area (Å²) >= 11 is 9.09. The molecule has 1 N–H and O–H groups in total. The normalized spacial score (nSPS) is 27.9. The average molecular weight is 339 g/mol. The molecule has 1 aliphatic heterocycles. The Labute approximate surface area is 118 Å². The highest BCUT2D eigenvalue weighted by molar-refractivity contribution is 9.10. The molecule has 1 aliphatic rings. The number of hydrogen-bond acceptors (Lipinski definition) is 4. The van der Waals surface area contributed by atoms with Crippen molar-refractivity contribution in [3.05, 3.63) is 20.8 Å². The lowest BCUT2D eigenvalue weighted by molar-refractivity contribution is 0.175. The molecule has 1 fully saturated rings. The summed E-state index contributed by atoms with van der Waals surface area (Å²) in [5.74, 6) is 2.38. The predicted molar refractivity (Wildman–Crippen MR) is 79.8 cm³/mol. The molecule has 2 heterocycles. The molecule has 90 valence electrons. The standard InChI is InChI=1S/C11H15BrOS3/c1-2-8-11(16-6-5-14-8)9(13)10-7(12)3-4-15-10/h3-4,8-9,11,13H,2,5-6H2,1H3. The van der Waals surface area contributed by atoms with E-state index in [9.17, 15) is 5.11 Å². The minimum Gasteiger partial charge on any atom is -0.386 e. The topological polar surface area (TPSA) is 20.2 Å². The van der Waals surface area contributed by atoms with Crippen molar-refractivity contribution in [2.75, 3.05) is 11.5 Å². The summed E-state index contributed by atoms with van der Waals surface area (Å²) in [5, 5.41) is 13.4. The van der Waals surface area contributed by atoms with Crippen LogP contribution in [0, 0.1) is 0 Å². The Hall–Kier alpha value is 0.840. The van der Waals surface area contributed by atoms with E-state index in [0.717, 1.165) is 21.5 Å². The highest BCUT2D eigenvalue weighted by Crippen LogP contribution is 2.43. The Balaban J connectivity index is 2.13. The van der Waals surface area contributed by atoms with Crippen LogP contribution in [0.15, 0.2) is 15.9 Å². The highest BCUT2D eigenvalue weighted by atomic mass is 79.9. The smallest absolute Gasteiger partial charge is 0.102 e. The van der Waals surface area contributed by atoms with Crippen LogP contribution >= 0.6 is 50.8 Å². The molecule has 0 aliphatic carbocycles. The number of halogens is 1. The van der Waals surface area contributed by atoms with Crippen LogP contribution in [0.2, 0.25) is 0 Å².